The van der Waals surface area contributed by atoms with Crippen LogP contribution in [0.4, 0.5) is 0 Å². The third-order valence-corrected chi connectivity index (χ3v) is 5.61. The van der Waals surface area contributed by atoms with Crippen LogP contribution < -0.4 is 0 Å². The quantitative estimate of drug-likeness (QED) is 0.610. The standard InChI is InChI=1S/C17H33N/c1-4-7-8-10-16-14(5-2)13-15(6-3)17-11-9-12-18(16)17/h14-17H,4-13H2,1-3H3/t14?,15?,16?,17-/m0/s1. The summed E-state index contributed by atoms with van der Waals surface area (Å²) >= 11 is 0. The zero-order valence-electron chi connectivity index (χ0n) is 12.8. The summed E-state index contributed by atoms with van der Waals surface area (Å²) < 4.78 is 0. The van der Waals surface area contributed by atoms with Gasteiger partial charge in [0.1, 0.15) is 0 Å². The van der Waals surface area contributed by atoms with Gasteiger partial charge in [0.05, 0.1) is 0 Å². The van der Waals surface area contributed by atoms with Gasteiger partial charge in [-0.3, -0.25) is 4.90 Å². The molecule has 2 saturated heterocycles. The van der Waals surface area contributed by atoms with Crippen LogP contribution in [-0.2, 0) is 0 Å². The molecule has 0 aromatic carbocycles. The fraction of sp³-hybridized carbons (Fsp3) is 1.00. The van der Waals surface area contributed by atoms with E-state index in [0.29, 0.717) is 0 Å². The highest BCUT2D eigenvalue weighted by Gasteiger charge is 2.42. The van der Waals surface area contributed by atoms with Crippen molar-refractivity contribution in [2.75, 3.05) is 6.54 Å². The van der Waals surface area contributed by atoms with Crippen LogP contribution in [0.5, 0.6) is 0 Å². The molecular weight excluding hydrogens is 218 g/mol. The molecule has 18 heavy (non-hydrogen) atoms. The van der Waals surface area contributed by atoms with E-state index in [1.54, 1.807) is 0 Å². The highest BCUT2D eigenvalue weighted by Crippen LogP contribution is 2.42. The van der Waals surface area contributed by atoms with E-state index < -0.39 is 0 Å². The predicted octanol–water partition coefficient (Wildman–Crippen LogP) is 4.86. The van der Waals surface area contributed by atoms with E-state index in [0.717, 1.165) is 23.9 Å². The average Bonchev–Trinajstić information content (AvgIpc) is 2.88. The molecule has 2 aliphatic rings. The number of piperidine rings is 1. The first kappa shape index (κ1) is 14.4. The van der Waals surface area contributed by atoms with Crippen LogP contribution in [0.25, 0.3) is 0 Å². The van der Waals surface area contributed by atoms with Crippen LogP contribution in [0.2, 0.25) is 0 Å². The highest BCUT2D eigenvalue weighted by atomic mass is 15.2. The molecular formula is C17H33N. The van der Waals surface area contributed by atoms with Gasteiger partial charge in [0.15, 0.2) is 0 Å². The Kier molecular flexibility index (Phi) is 5.54. The molecule has 2 aliphatic heterocycles. The summed E-state index contributed by atoms with van der Waals surface area (Å²) in [6, 6.07) is 1.88. The Bertz CT molecular complexity index is 238. The number of hydrogen-bond acceptors (Lipinski definition) is 1. The van der Waals surface area contributed by atoms with Gasteiger partial charge in [-0.15, -0.1) is 0 Å². The maximum atomic E-state index is 2.93. The number of rotatable bonds is 6. The molecule has 0 amide bonds. The van der Waals surface area contributed by atoms with E-state index in [-0.39, 0.29) is 0 Å². The molecule has 1 heteroatoms. The molecule has 2 rings (SSSR count). The number of fused-ring (bicyclic) bond motifs is 1. The molecule has 0 aromatic heterocycles. The summed E-state index contributed by atoms with van der Waals surface area (Å²) in [5.41, 5.74) is 0. The van der Waals surface area contributed by atoms with Crippen molar-refractivity contribution in [1.82, 2.24) is 4.90 Å². The third-order valence-electron chi connectivity index (χ3n) is 5.61. The van der Waals surface area contributed by atoms with Gasteiger partial charge < -0.3 is 0 Å². The molecule has 2 fully saturated rings. The first-order valence-corrected chi connectivity index (χ1v) is 8.57. The second-order valence-corrected chi connectivity index (χ2v) is 6.58. The highest BCUT2D eigenvalue weighted by molar-refractivity contribution is 4.96. The summed E-state index contributed by atoms with van der Waals surface area (Å²) in [7, 11) is 0. The Labute approximate surface area is 114 Å². The summed E-state index contributed by atoms with van der Waals surface area (Å²) in [5.74, 6) is 1.99. The molecule has 0 radical (unpaired) electrons. The van der Waals surface area contributed by atoms with Gasteiger partial charge in [-0.2, -0.15) is 0 Å². The minimum absolute atomic E-state index is 0.928. The zero-order chi connectivity index (χ0) is 13.0. The van der Waals surface area contributed by atoms with E-state index >= 15 is 0 Å². The second-order valence-electron chi connectivity index (χ2n) is 6.58. The summed E-state index contributed by atoms with van der Waals surface area (Å²) in [6.45, 7) is 8.55. The van der Waals surface area contributed by atoms with Gasteiger partial charge in [-0.05, 0) is 44.1 Å². The van der Waals surface area contributed by atoms with Crippen LogP contribution in [0, 0.1) is 11.8 Å². The Morgan fingerprint density at radius 1 is 1.00 bits per heavy atom. The van der Waals surface area contributed by atoms with Gasteiger partial charge in [0.2, 0.25) is 0 Å². The van der Waals surface area contributed by atoms with Crippen molar-refractivity contribution in [2.24, 2.45) is 11.8 Å². The largest absolute Gasteiger partial charge is 0.297 e. The van der Waals surface area contributed by atoms with E-state index in [4.69, 9.17) is 0 Å². The Morgan fingerprint density at radius 2 is 1.78 bits per heavy atom. The number of hydrogen-bond donors (Lipinski definition) is 0. The molecule has 0 aliphatic carbocycles. The van der Waals surface area contributed by atoms with E-state index in [1.165, 1.54) is 64.3 Å². The molecule has 0 aromatic rings. The molecule has 0 spiro atoms. The van der Waals surface area contributed by atoms with E-state index in [2.05, 4.69) is 25.7 Å². The summed E-state index contributed by atoms with van der Waals surface area (Å²) in [6.07, 6.45) is 13.0. The minimum Gasteiger partial charge on any atom is -0.297 e. The number of nitrogens with zero attached hydrogens (tertiary/aromatic N) is 1. The van der Waals surface area contributed by atoms with Crippen molar-refractivity contribution in [3.8, 4) is 0 Å². The first-order chi connectivity index (χ1) is 8.81. The van der Waals surface area contributed by atoms with Crippen LogP contribution >= 0.6 is 0 Å². The second kappa shape index (κ2) is 6.93. The van der Waals surface area contributed by atoms with Gasteiger partial charge in [0, 0.05) is 12.1 Å². The van der Waals surface area contributed by atoms with Crippen molar-refractivity contribution in [3.05, 3.63) is 0 Å². The van der Waals surface area contributed by atoms with Gasteiger partial charge in [-0.1, -0.05) is 52.9 Å². The van der Waals surface area contributed by atoms with Crippen molar-refractivity contribution in [3.63, 3.8) is 0 Å². The molecule has 0 N–H and O–H groups in total. The van der Waals surface area contributed by atoms with Crippen molar-refractivity contribution in [2.45, 2.75) is 90.6 Å². The molecule has 0 saturated carbocycles. The maximum Gasteiger partial charge on any atom is 0.0127 e. The Balaban J connectivity index is 2.00. The molecule has 2 heterocycles. The molecule has 0 bridgehead atoms. The van der Waals surface area contributed by atoms with Crippen LogP contribution in [0.3, 0.4) is 0 Å². The lowest BCUT2D eigenvalue weighted by Gasteiger charge is -2.47. The van der Waals surface area contributed by atoms with Crippen molar-refractivity contribution in [1.29, 1.82) is 0 Å². The molecule has 3 unspecified atom stereocenters. The average molecular weight is 251 g/mol. The fourth-order valence-electron chi connectivity index (χ4n) is 4.59. The Hall–Kier alpha value is -0.0400. The van der Waals surface area contributed by atoms with Gasteiger partial charge in [-0.25, -0.2) is 0 Å². The van der Waals surface area contributed by atoms with Crippen molar-refractivity contribution < 1.29 is 0 Å². The van der Waals surface area contributed by atoms with Crippen molar-refractivity contribution >= 4 is 0 Å². The summed E-state index contributed by atoms with van der Waals surface area (Å²) in [5, 5.41) is 0. The predicted molar refractivity (Wildman–Crippen MR) is 79.8 cm³/mol. The van der Waals surface area contributed by atoms with Gasteiger partial charge in [0.25, 0.3) is 0 Å². The maximum absolute atomic E-state index is 2.93. The van der Waals surface area contributed by atoms with E-state index in [9.17, 15) is 0 Å². The summed E-state index contributed by atoms with van der Waals surface area (Å²) in [4.78, 5) is 2.93. The zero-order valence-corrected chi connectivity index (χ0v) is 12.8. The lowest BCUT2D eigenvalue weighted by atomic mass is 9.75. The lowest BCUT2D eigenvalue weighted by molar-refractivity contribution is 0.0179. The van der Waals surface area contributed by atoms with Crippen LogP contribution in [0.1, 0.15) is 78.6 Å². The Morgan fingerprint density at radius 3 is 2.44 bits per heavy atom. The van der Waals surface area contributed by atoms with Gasteiger partial charge >= 0.3 is 0 Å². The normalized spacial score (nSPS) is 36.8. The minimum atomic E-state index is 0.928. The molecule has 4 atom stereocenters. The third kappa shape index (κ3) is 2.92. The monoisotopic (exact) mass is 251 g/mol. The first-order valence-electron chi connectivity index (χ1n) is 8.57. The lowest BCUT2D eigenvalue weighted by Crippen LogP contribution is -2.51. The topological polar surface area (TPSA) is 3.24 Å². The van der Waals surface area contributed by atoms with Crippen LogP contribution in [0.15, 0.2) is 0 Å². The SMILES string of the molecule is CCCCCC1C(CC)CC(CC)[C@@H]2CCCN12. The fourth-order valence-corrected chi connectivity index (χ4v) is 4.59. The van der Waals surface area contributed by atoms with E-state index in [1.807, 2.05) is 0 Å². The number of unbranched alkanes of at least 4 members (excludes halogenated alkanes) is 2. The smallest absolute Gasteiger partial charge is 0.0127 e. The molecule has 106 valence electrons. The van der Waals surface area contributed by atoms with Crippen LogP contribution in [-0.4, -0.2) is 23.5 Å². The molecule has 1 nitrogen and oxygen atoms in total.